The van der Waals surface area contributed by atoms with Crippen LogP contribution in [0.15, 0.2) is 18.2 Å². The minimum Gasteiger partial charge on any atom is -0.465 e. The van der Waals surface area contributed by atoms with Crippen LogP contribution in [0.25, 0.3) is 0 Å². The number of ether oxygens (including phenoxy) is 1. The number of carbonyl (C=O) groups is 2. The number of aromatic nitrogens is 2. The number of carbonyl (C=O) groups excluding carboxylic acids is 2. The smallest absolute Gasteiger partial charge is 0.327 e. The molecule has 0 atom stereocenters. The van der Waals surface area contributed by atoms with Crippen LogP contribution in [0.4, 0.5) is 5.69 Å². The summed E-state index contributed by atoms with van der Waals surface area (Å²) >= 11 is 11.9. The van der Waals surface area contributed by atoms with Crippen LogP contribution in [0, 0.1) is 13.8 Å². The third kappa shape index (κ3) is 4.07. The highest BCUT2D eigenvalue weighted by atomic mass is 35.5. The predicted molar refractivity (Wildman–Crippen MR) is 92.7 cm³/mol. The molecule has 0 aliphatic rings. The van der Waals surface area contributed by atoms with Crippen molar-refractivity contribution in [1.82, 2.24) is 9.78 Å². The summed E-state index contributed by atoms with van der Waals surface area (Å²) in [6.07, 6.45) is 0. The van der Waals surface area contributed by atoms with Crippen LogP contribution < -0.4 is 5.32 Å². The van der Waals surface area contributed by atoms with Crippen molar-refractivity contribution in [3.05, 3.63) is 45.2 Å². The van der Waals surface area contributed by atoms with Crippen LogP contribution in [-0.4, -0.2) is 28.3 Å². The summed E-state index contributed by atoms with van der Waals surface area (Å²) in [6, 6.07) is 4.64. The van der Waals surface area contributed by atoms with Gasteiger partial charge in [0, 0.05) is 5.02 Å². The first-order chi connectivity index (χ1) is 11.3. The van der Waals surface area contributed by atoms with E-state index in [1.54, 1.807) is 32.9 Å². The Morgan fingerprint density at radius 1 is 1.29 bits per heavy atom. The molecular formula is C16H17Cl2N3O3. The maximum absolute atomic E-state index is 12.4. The fourth-order valence-corrected chi connectivity index (χ4v) is 2.71. The van der Waals surface area contributed by atoms with Gasteiger partial charge in [-0.15, -0.1) is 0 Å². The van der Waals surface area contributed by atoms with Gasteiger partial charge in [-0.25, -0.2) is 0 Å². The lowest BCUT2D eigenvalue weighted by Gasteiger charge is -2.08. The molecular weight excluding hydrogens is 353 g/mol. The van der Waals surface area contributed by atoms with Gasteiger partial charge in [-0.2, -0.15) is 5.10 Å². The van der Waals surface area contributed by atoms with Crippen LogP contribution in [0.2, 0.25) is 10.0 Å². The molecule has 0 fully saturated rings. The van der Waals surface area contributed by atoms with Gasteiger partial charge in [-0.3, -0.25) is 14.3 Å². The Kier molecular flexibility index (Phi) is 5.85. The highest BCUT2D eigenvalue weighted by molar-refractivity contribution is 6.37. The molecule has 0 unspecified atom stereocenters. The van der Waals surface area contributed by atoms with E-state index in [1.807, 2.05) is 0 Å². The van der Waals surface area contributed by atoms with Crippen LogP contribution in [0.3, 0.4) is 0 Å². The van der Waals surface area contributed by atoms with E-state index in [4.69, 9.17) is 27.9 Å². The van der Waals surface area contributed by atoms with Gasteiger partial charge in [0.05, 0.1) is 34.3 Å². The minimum absolute atomic E-state index is 0.0158. The number of benzene rings is 1. The second kappa shape index (κ2) is 7.68. The number of aryl methyl sites for hydroxylation is 1. The number of rotatable bonds is 5. The van der Waals surface area contributed by atoms with E-state index in [9.17, 15) is 9.59 Å². The Labute approximate surface area is 149 Å². The topological polar surface area (TPSA) is 73.2 Å². The first kappa shape index (κ1) is 18.3. The van der Waals surface area contributed by atoms with Crippen LogP contribution in [0.5, 0.6) is 0 Å². The van der Waals surface area contributed by atoms with Crippen molar-refractivity contribution >= 4 is 40.8 Å². The quantitative estimate of drug-likeness (QED) is 0.816. The van der Waals surface area contributed by atoms with Gasteiger partial charge in [-0.05, 0) is 39.0 Å². The molecule has 0 bridgehead atoms. The average Bonchev–Trinajstić information content (AvgIpc) is 2.75. The number of nitrogens with zero attached hydrogens (tertiary/aromatic N) is 2. The Hall–Kier alpha value is -2.05. The average molecular weight is 370 g/mol. The van der Waals surface area contributed by atoms with Gasteiger partial charge in [0.2, 0.25) is 0 Å². The Balaban J connectivity index is 2.22. The first-order valence-electron chi connectivity index (χ1n) is 7.29. The Morgan fingerprint density at radius 2 is 2.00 bits per heavy atom. The van der Waals surface area contributed by atoms with E-state index in [-0.39, 0.29) is 23.4 Å². The molecule has 1 aromatic heterocycles. The molecule has 0 aliphatic carbocycles. The van der Waals surface area contributed by atoms with Gasteiger partial charge >= 0.3 is 5.97 Å². The van der Waals surface area contributed by atoms with Crippen molar-refractivity contribution < 1.29 is 14.3 Å². The lowest BCUT2D eigenvalue weighted by atomic mass is 10.2. The molecule has 0 saturated heterocycles. The molecule has 1 heterocycles. The summed E-state index contributed by atoms with van der Waals surface area (Å²) in [6.45, 7) is 5.53. The summed E-state index contributed by atoms with van der Waals surface area (Å²) in [4.78, 5) is 24.0. The SMILES string of the molecule is CCOC(=O)Cn1nc(C)c(NC(=O)c2ccc(Cl)cc2Cl)c1C. The van der Waals surface area contributed by atoms with Crippen LogP contribution in [-0.2, 0) is 16.1 Å². The van der Waals surface area contributed by atoms with Crippen LogP contribution >= 0.6 is 23.2 Å². The highest BCUT2D eigenvalue weighted by Crippen LogP contribution is 2.24. The number of hydrogen-bond acceptors (Lipinski definition) is 4. The Morgan fingerprint density at radius 3 is 2.62 bits per heavy atom. The maximum atomic E-state index is 12.4. The number of amides is 1. The molecule has 6 nitrogen and oxygen atoms in total. The summed E-state index contributed by atoms with van der Waals surface area (Å²) in [5.41, 5.74) is 2.09. The highest BCUT2D eigenvalue weighted by Gasteiger charge is 2.18. The van der Waals surface area contributed by atoms with Crippen molar-refractivity contribution in [2.24, 2.45) is 0 Å². The van der Waals surface area contributed by atoms with Crippen molar-refractivity contribution in [3.63, 3.8) is 0 Å². The molecule has 1 N–H and O–H groups in total. The van der Waals surface area contributed by atoms with Crippen molar-refractivity contribution in [1.29, 1.82) is 0 Å². The maximum Gasteiger partial charge on any atom is 0.327 e. The molecule has 0 spiro atoms. The summed E-state index contributed by atoms with van der Waals surface area (Å²) < 4.78 is 6.40. The minimum atomic E-state index is -0.387. The number of anilines is 1. The lowest BCUT2D eigenvalue weighted by Crippen LogP contribution is -2.16. The summed E-state index contributed by atoms with van der Waals surface area (Å²) in [5.74, 6) is -0.764. The van der Waals surface area contributed by atoms with Crippen LogP contribution in [0.1, 0.15) is 28.7 Å². The molecule has 2 rings (SSSR count). The molecule has 8 heteroatoms. The van der Waals surface area contributed by atoms with Gasteiger partial charge in [0.25, 0.3) is 5.91 Å². The van der Waals surface area contributed by atoms with Gasteiger partial charge in [0.1, 0.15) is 6.54 Å². The van der Waals surface area contributed by atoms with E-state index in [1.165, 1.54) is 10.7 Å². The molecule has 1 amide bonds. The zero-order valence-electron chi connectivity index (χ0n) is 13.5. The monoisotopic (exact) mass is 369 g/mol. The normalized spacial score (nSPS) is 10.5. The van der Waals surface area contributed by atoms with Crippen molar-refractivity contribution in [2.75, 3.05) is 11.9 Å². The van der Waals surface area contributed by atoms with Crippen molar-refractivity contribution in [2.45, 2.75) is 27.3 Å². The molecule has 0 saturated carbocycles. The molecule has 2 aromatic rings. The third-order valence-corrected chi connectivity index (χ3v) is 3.93. The number of esters is 1. The van der Waals surface area contributed by atoms with Gasteiger partial charge < -0.3 is 10.1 Å². The predicted octanol–water partition coefficient (Wildman–Crippen LogP) is 3.62. The third-order valence-electron chi connectivity index (χ3n) is 3.38. The van der Waals surface area contributed by atoms with E-state index in [0.29, 0.717) is 34.3 Å². The number of nitrogens with one attached hydrogen (secondary N) is 1. The molecule has 0 radical (unpaired) electrons. The molecule has 128 valence electrons. The Bertz CT molecular complexity index is 787. The molecule has 1 aromatic carbocycles. The summed E-state index contributed by atoms with van der Waals surface area (Å²) in [5, 5.41) is 7.75. The largest absolute Gasteiger partial charge is 0.465 e. The fraction of sp³-hybridized carbons (Fsp3) is 0.312. The number of halogens is 2. The summed E-state index contributed by atoms with van der Waals surface area (Å²) in [7, 11) is 0. The number of hydrogen-bond donors (Lipinski definition) is 1. The molecule has 0 aliphatic heterocycles. The van der Waals surface area contributed by atoms with Gasteiger partial charge in [-0.1, -0.05) is 23.2 Å². The lowest BCUT2D eigenvalue weighted by molar-refractivity contribution is -0.144. The second-order valence-corrected chi connectivity index (χ2v) is 5.93. The zero-order chi connectivity index (χ0) is 17.9. The molecule has 24 heavy (non-hydrogen) atoms. The fourth-order valence-electron chi connectivity index (χ4n) is 2.22. The van der Waals surface area contributed by atoms with E-state index in [0.717, 1.165) is 0 Å². The van der Waals surface area contributed by atoms with E-state index in [2.05, 4.69) is 10.4 Å². The zero-order valence-corrected chi connectivity index (χ0v) is 15.0. The first-order valence-corrected chi connectivity index (χ1v) is 8.05. The van der Waals surface area contributed by atoms with Crippen molar-refractivity contribution in [3.8, 4) is 0 Å². The van der Waals surface area contributed by atoms with E-state index >= 15 is 0 Å². The second-order valence-electron chi connectivity index (χ2n) is 5.09. The van der Waals surface area contributed by atoms with Gasteiger partial charge in [0.15, 0.2) is 0 Å². The standard InChI is InChI=1S/C16H17Cl2N3O3/c1-4-24-14(22)8-21-10(3)15(9(2)20-21)19-16(23)12-6-5-11(17)7-13(12)18/h5-7H,4,8H2,1-3H3,(H,19,23). The van der Waals surface area contributed by atoms with E-state index < -0.39 is 0 Å².